The molecule has 0 amide bonds. The molecule has 1 fully saturated rings. The lowest BCUT2D eigenvalue weighted by molar-refractivity contribution is 0.171. The number of likely N-dealkylation sites (tertiary alicyclic amines) is 1. The molecule has 21 heavy (non-hydrogen) atoms. The van der Waals surface area contributed by atoms with Crippen LogP contribution in [0.2, 0.25) is 5.02 Å². The van der Waals surface area contributed by atoms with E-state index in [0.29, 0.717) is 30.0 Å². The highest BCUT2D eigenvalue weighted by Gasteiger charge is 2.25. The lowest BCUT2D eigenvalue weighted by Crippen LogP contribution is -2.36. The first-order valence-electron chi connectivity index (χ1n) is 7.24. The SMILES string of the molecule is CNCC1CCCN1Cc1cc(Cl)c2c(c1)OCCO2.Cl. The molecule has 0 spiro atoms. The van der Waals surface area contributed by atoms with Gasteiger partial charge in [0, 0.05) is 19.1 Å². The van der Waals surface area contributed by atoms with Crippen molar-refractivity contribution in [2.75, 3.05) is 33.4 Å². The van der Waals surface area contributed by atoms with Crippen molar-refractivity contribution in [2.24, 2.45) is 0 Å². The molecule has 1 aromatic carbocycles. The molecule has 1 saturated heterocycles. The highest BCUT2D eigenvalue weighted by Crippen LogP contribution is 2.38. The van der Waals surface area contributed by atoms with Gasteiger partial charge in [0.25, 0.3) is 0 Å². The first-order chi connectivity index (χ1) is 9.78. The van der Waals surface area contributed by atoms with Crippen molar-refractivity contribution in [3.05, 3.63) is 22.7 Å². The van der Waals surface area contributed by atoms with Crippen LogP contribution in [-0.2, 0) is 6.54 Å². The maximum atomic E-state index is 6.29. The summed E-state index contributed by atoms with van der Waals surface area (Å²) in [6.45, 7) is 4.28. The fourth-order valence-corrected chi connectivity index (χ4v) is 3.35. The van der Waals surface area contributed by atoms with Crippen LogP contribution in [0.5, 0.6) is 11.5 Å². The summed E-state index contributed by atoms with van der Waals surface area (Å²) in [5.41, 5.74) is 1.20. The summed E-state index contributed by atoms with van der Waals surface area (Å²) >= 11 is 6.29. The Balaban J connectivity index is 0.00000161. The van der Waals surface area contributed by atoms with Crippen molar-refractivity contribution in [1.29, 1.82) is 0 Å². The average Bonchev–Trinajstić information content (AvgIpc) is 2.87. The summed E-state index contributed by atoms with van der Waals surface area (Å²) in [6.07, 6.45) is 2.53. The molecular weight excluding hydrogens is 311 g/mol. The van der Waals surface area contributed by atoms with Crippen molar-refractivity contribution in [3.63, 3.8) is 0 Å². The number of likely N-dealkylation sites (N-methyl/N-ethyl adjacent to an activating group) is 1. The maximum Gasteiger partial charge on any atom is 0.179 e. The van der Waals surface area contributed by atoms with Crippen LogP contribution in [0.4, 0.5) is 0 Å². The third kappa shape index (κ3) is 3.75. The lowest BCUT2D eigenvalue weighted by Gasteiger charge is -2.26. The number of rotatable bonds is 4. The van der Waals surface area contributed by atoms with Crippen LogP contribution in [-0.4, -0.2) is 44.3 Å². The van der Waals surface area contributed by atoms with E-state index in [9.17, 15) is 0 Å². The van der Waals surface area contributed by atoms with Crippen molar-refractivity contribution >= 4 is 24.0 Å². The monoisotopic (exact) mass is 332 g/mol. The molecule has 1 aromatic rings. The van der Waals surface area contributed by atoms with Crippen LogP contribution in [0, 0.1) is 0 Å². The summed E-state index contributed by atoms with van der Waals surface area (Å²) < 4.78 is 11.2. The number of nitrogens with zero attached hydrogens (tertiary/aromatic N) is 1. The molecule has 6 heteroatoms. The molecule has 118 valence electrons. The maximum absolute atomic E-state index is 6.29. The van der Waals surface area contributed by atoms with E-state index in [4.69, 9.17) is 21.1 Å². The minimum Gasteiger partial charge on any atom is -0.486 e. The Bertz CT molecular complexity index is 485. The van der Waals surface area contributed by atoms with Crippen LogP contribution in [0.15, 0.2) is 12.1 Å². The number of nitrogens with one attached hydrogen (secondary N) is 1. The fourth-order valence-electron chi connectivity index (χ4n) is 3.06. The van der Waals surface area contributed by atoms with Gasteiger partial charge in [0.2, 0.25) is 0 Å². The topological polar surface area (TPSA) is 33.7 Å². The van der Waals surface area contributed by atoms with Gasteiger partial charge in [-0.3, -0.25) is 4.90 Å². The van der Waals surface area contributed by atoms with Crippen LogP contribution in [0.3, 0.4) is 0 Å². The van der Waals surface area contributed by atoms with Gasteiger partial charge in [-0.1, -0.05) is 11.6 Å². The van der Waals surface area contributed by atoms with Crippen LogP contribution in [0.1, 0.15) is 18.4 Å². The molecule has 0 bridgehead atoms. The largest absolute Gasteiger partial charge is 0.486 e. The zero-order chi connectivity index (χ0) is 13.9. The van der Waals surface area contributed by atoms with Crippen LogP contribution >= 0.6 is 24.0 Å². The molecule has 2 aliphatic rings. The van der Waals surface area contributed by atoms with Gasteiger partial charge in [0.1, 0.15) is 13.2 Å². The van der Waals surface area contributed by atoms with E-state index in [-0.39, 0.29) is 12.4 Å². The van der Waals surface area contributed by atoms with E-state index >= 15 is 0 Å². The third-order valence-electron chi connectivity index (χ3n) is 3.98. The van der Waals surface area contributed by atoms with E-state index in [2.05, 4.69) is 16.3 Å². The first kappa shape index (κ1) is 16.7. The van der Waals surface area contributed by atoms with E-state index in [0.717, 1.165) is 25.4 Å². The average molecular weight is 333 g/mol. The van der Waals surface area contributed by atoms with E-state index < -0.39 is 0 Å². The summed E-state index contributed by atoms with van der Waals surface area (Å²) in [6, 6.07) is 4.69. The molecule has 0 radical (unpaired) electrons. The Morgan fingerprint density at radius 2 is 2.14 bits per heavy atom. The summed E-state index contributed by atoms with van der Waals surface area (Å²) in [5, 5.41) is 3.93. The fraction of sp³-hybridized carbons (Fsp3) is 0.600. The predicted octanol–water partition coefficient (Wildman–Crippen LogP) is 2.72. The molecule has 1 N–H and O–H groups in total. The van der Waals surface area contributed by atoms with Crippen molar-refractivity contribution in [3.8, 4) is 11.5 Å². The van der Waals surface area contributed by atoms with Gasteiger partial charge in [-0.25, -0.2) is 0 Å². The first-order valence-corrected chi connectivity index (χ1v) is 7.62. The lowest BCUT2D eigenvalue weighted by atomic mass is 10.1. The van der Waals surface area contributed by atoms with E-state index in [1.807, 2.05) is 13.1 Å². The van der Waals surface area contributed by atoms with Crippen molar-refractivity contribution in [1.82, 2.24) is 10.2 Å². The number of halogens is 2. The minimum atomic E-state index is 0. The van der Waals surface area contributed by atoms with Gasteiger partial charge < -0.3 is 14.8 Å². The third-order valence-corrected chi connectivity index (χ3v) is 4.26. The normalized spacial score (nSPS) is 21.1. The van der Waals surface area contributed by atoms with Gasteiger partial charge in [0.05, 0.1) is 5.02 Å². The van der Waals surface area contributed by atoms with Gasteiger partial charge in [-0.2, -0.15) is 0 Å². The summed E-state index contributed by atoms with van der Waals surface area (Å²) in [4.78, 5) is 2.51. The second kappa shape index (κ2) is 7.54. The van der Waals surface area contributed by atoms with Gasteiger partial charge >= 0.3 is 0 Å². The zero-order valence-electron chi connectivity index (χ0n) is 12.2. The molecule has 1 unspecified atom stereocenters. The van der Waals surface area contributed by atoms with Crippen molar-refractivity contribution in [2.45, 2.75) is 25.4 Å². The standard InChI is InChI=1S/C15H21ClN2O2.ClH/c1-17-9-12-3-2-4-18(12)10-11-7-13(16)15-14(8-11)19-5-6-20-15;/h7-8,12,17H,2-6,9-10H2,1H3;1H. The van der Waals surface area contributed by atoms with Crippen LogP contribution in [0.25, 0.3) is 0 Å². The molecule has 2 aliphatic heterocycles. The molecule has 4 nitrogen and oxygen atoms in total. The molecule has 0 saturated carbocycles. The Kier molecular flexibility index (Phi) is 5.99. The molecule has 0 aliphatic carbocycles. The molecule has 1 atom stereocenters. The highest BCUT2D eigenvalue weighted by atomic mass is 35.5. The smallest absolute Gasteiger partial charge is 0.179 e. The Labute approximate surface area is 137 Å². The Morgan fingerprint density at radius 3 is 2.95 bits per heavy atom. The highest BCUT2D eigenvalue weighted by molar-refractivity contribution is 6.32. The molecule has 0 aromatic heterocycles. The number of hydrogen-bond donors (Lipinski definition) is 1. The van der Waals surface area contributed by atoms with Crippen LogP contribution < -0.4 is 14.8 Å². The van der Waals surface area contributed by atoms with Crippen molar-refractivity contribution < 1.29 is 9.47 Å². The Hall–Kier alpha value is -0.680. The minimum absolute atomic E-state index is 0. The van der Waals surface area contributed by atoms with E-state index in [1.165, 1.54) is 18.4 Å². The van der Waals surface area contributed by atoms with Gasteiger partial charge in [-0.05, 0) is 44.1 Å². The number of benzene rings is 1. The van der Waals surface area contributed by atoms with Gasteiger partial charge in [-0.15, -0.1) is 12.4 Å². The Morgan fingerprint density at radius 1 is 1.33 bits per heavy atom. The molecule has 2 heterocycles. The van der Waals surface area contributed by atoms with E-state index in [1.54, 1.807) is 0 Å². The summed E-state index contributed by atoms with van der Waals surface area (Å²) in [7, 11) is 2.01. The predicted molar refractivity (Wildman–Crippen MR) is 87.0 cm³/mol. The second-order valence-electron chi connectivity index (χ2n) is 5.43. The second-order valence-corrected chi connectivity index (χ2v) is 5.83. The summed E-state index contributed by atoms with van der Waals surface area (Å²) in [5.74, 6) is 1.47. The van der Waals surface area contributed by atoms with Gasteiger partial charge in [0.15, 0.2) is 11.5 Å². The number of hydrogen-bond acceptors (Lipinski definition) is 4. The number of fused-ring (bicyclic) bond motifs is 1. The number of ether oxygens (including phenoxy) is 2. The zero-order valence-corrected chi connectivity index (χ0v) is 13.8. The molecule has 3 rings (SSSR count). The molecular formula is C15H22Cl2N2O2. The quantitative estimate of drug-likeness (QED) is 0.919.